The molecule has 6 heteroatoms. The van der Waals surface area contributed by atoms with Gasteiger partial charge in [0.1, 0.15) is 12.4 Å². The van der Waals surface area contributed by atoms with Gasteiger partial charge in [0, 0.05) is 16.4 Å². The Morgan fingerprint density at radius 3 is 2.76 bits per heavy atom. The zero-order valence-corrected chi connectivity index (χ0v) is 14.1. The van der Waals surface area contributed by atoms with E-state index in [4.69, 9.17) is 9.47 Å². The summed E-state index contributed by atoms with van der Waals surface area (Å²) in [6.07, 6.45) is -0.847. The van der Waals surface area contributed by atoms with Crippen LogP contribution in [-0.2, 0) is 4.74 Å². The van der Waals surface area contributed by atoms with Gasteiger partial charge in [-0.3, -0.25) is 0 Å². The molecular weight excluding hydrogens is 338 g/mol. The largest absolute Gasteiger partial charge is 0.491 e. The lowest BCUT2D eigenvalue weighted by molar-refractivity contribution is 0.0706. The number of carbonyl (C=O) groups is 1. The molecule has 5 nitrogen and oxygen atoms in total. The van der Waals surface area contributed by atoms with Gasteiger partial charge in [-0.2, -0.15) is 0 Å². The summed E-state index contributed by atoms with van der Waals surface area (Å²) in [5, 5.41) is 12.5. The second-order valence-corrected chi connectivity index (χ2v) is 6.64. The Bertz CT molecular complexity index is 459. The summed E-state index contributed by atoms with van der Waals surface area (Å²) in [4.78, 5) is 11.4. The van der Waals surface area contributed by atoms with Gasteiger partial charge < -0.3 is 19.9 Å². The van der Waals surface area contributed by atoms with Crippen LogP contribution < -0.4 is 10.1 Å². The number of amides is 1. The minimum Gasteiger partial charge on any atom is -0.491 e. The van der Waals surface area contributed by atoms with Crippen LogP contribution in [0.3, 0.4) is 0 Å². The molecule has 1 atom stereocenters. The second-order valence-electron chi connectivity index (χ2n) is 5.72. The molecule has 118 valence electrons. The maximum atomic E-state index is 11.4. The topological polar surface area (TPSA) is 67.8 Å². The summed E-state index contributed by atoms with van der Waals surface area (Å²) in [7, 11) is 0. The number of aliphatic hydroxyl groups is 1. The highest BCUT2D eigenvalue weighted by molar-refractivity contribution is 9.10. The van der Waals surface area contributed by atoms with Gasteiger partial charge in [-0.25, -0.2) is 4.79 Å². The van der Waals surface area contributed by atoms with E-state index in [-0.39, 0.29) is 18.8 Å². The van der Waals surface area contributed by atoms with Gasteiger partial charge in [0.2, 0.25) is 0 Å². The predicted octanol–water partition coefficient (Wildman–Crippen LogP) is 3.10. The molecule has 0 fully saturated rings. The summed E-state index contributed by atoms with van der Waals surface area (Å²) in [5.41, 5.74) is -0.334. The van der Waals surface area contributed by atoms with E-state index < -0.39 is 12.2 Å². The highest BCUT2D eigenvalue weighted by Crippen LogP contribution is 2.17. The van der Waals surface area contributed by atoms with E-state index in [0.29, 0.717) is 12.2 Å². The van der Waals surface area contributed by atoms with E-state index in [1.54, 1.807) is 0 Å². The maximum absolute atomic E-state index is 11.4. The SMILES string of the molecule is CC(C)(C)NC(=O)OCCC(O)COc1cccc(Br)c1. The number of rotatable bonds is 6. The van der Waals surface area contributed by atoms with Crippen molar-refractivity contribution in [1.29, 1.82) is 0 Å². The van der Waals surface area contributed by atoms with Crippen molar-refractivity contribution in [3.8, 4) is 5.75 Å². The second kappa shape index (κ2) is 8.24. The standard InChI is InChI=1S/C15H22BrNO4/c1-15(2,3)17-14(19)20-8-7-12(18)10-21-13-6-4-5-11(16)9-13/h4-6,9,12,18H,7-8,10H2,1-3H3,(H,17,19). The summed E-state index contributed by atoms with van der Waals surface area (Å²) in [5.74, 6) is 0.676. The molecule has 1 aromatic rings. The molecule has 0 aliphatic carbocycles. The number of hydrogen-bond acceptors (Lipinski definition) is 4. The summed E-state index contributed by atoms with van der Waals surface area (Å²) in [6, 6.07) is 7.38. The fraction of sp³-hybridized carbons (Fsp3) is 0.533. The number of nitrogens with one attached hydrogen (secondary N) is 1. The molecule has 1 amide bonds. The molecule has 0 saturated carbocycles. The molecule has 0 heterocycles. The van der Waals surface area contributed by atoms with Crippen molar-refractivity contribution in [1.82, 2.24) is 5.32 Å². The van der Waals surface area contributed by atoms with Gasteiger partial charge in [-0.1, -0.05) is 22.0 Å². The monoisotopic (exact) mass is 359 g/mol. The fourth-order valence-corrected chi connectivity index (χ4v) is 1.84. The Kier molecular flexibility index (Phi) is 6.98. The highest BCUT2D eigenvalue weighted by Gasteiger charge is 2.15. The summed E-state index contributed by atoms with van der Waals surface area (Å²) < 4.78 is 11.4. The number of alkyl carbamates (subject to hydrolysis) is 1. The molecule has 2 N–H and O–H groups in total. The third kappa shape index (κ3) is 8.57. The molecule has 1 unspecified atom stereocenters. The number of carbonyl (C=O) groups excluding carboxylic acids is 1. The van der Waals surface area contributed by atoms with E-state index in [2.05, 4.69) is 21.2 Å². The average molecular weight is 360 g/mol. The van der Waals surface area contributed by atoms with E-state index in [1.807, 2.05) is 45.0 Å². The van der Waals surface area contributed by atoms with E-state index in [9.17, 15) is 9.90 Å². The number of ether oxygens (including phenoxy) is 2. The van der Waals surface area contributed by atoms with Crippen LogP contribution in [0.1, 0.15) is 27.2 Å². The van der Waals surface area contributed by atoms with Crippen LogP contribution in [0.25, 0.3) is 0 Å². The first kappa shape index (κ1) is 17.8. The van der Waals surface area contributed by atoms with Crippen molar-refractivity contribution in [2.45, 2.75) is 38.8 Å². The Morgan fingerprint density at radius 1 is 1.43 bits per heavy atom. The van der Waals surface area contributed by atoms with Crippen LogP contribution in [0.5, 0.6) is 5.75 Å². The van der Waals surface area contributed by atoms with Crippen LogP contribution in [0.2, 0.25) is 0 Å². The smallest absolute Gasteiger partial charge is 0.407 e. The van der Waals surface area contributed by atoms with Gasteiger partial charge in [-0.15, -0.1) is 0 Å². The number of hydrogen-bond donors (Lipinski definition) is 2. The molecule has 0 spiro atoms. The fourth-order valence-electron chi connectivity index (χ4n) is 1.46. The average Bonchev–Trinajstić information content (AvgIpc) is 2.34. The van der Waals surface area contributed by atoms with Crippen molar-refractivity contribution in [3.63, 3.8) is 0 Å². The first-order valence-corrected chi connectivity index (χ1v) is 7.57. The van der Waals surface area contributed by atoms with Crippen LogP contribution in [-0.4, -0.2) is 36.1 Å². The lowest BCUT2D eigenvalue weighted by Gasteiger charge is -2.20. The Hall–Kier alpha value is -1.27. The Balaban J connectivity index is 2.19. The van der Waals surface area contributed by atoms with E-state index in [1.165, 1.54) is 0 Å². The highest BCUT2D eigenvalue weighted by atomic mass is 79.9. The van der Waals surface area contributed by atoms with Crippen LogP contribution >= 0.6 is 15.9 Å². The zero-order chi connectivity index (χ0) is 15.9. The van der Waals surface area contributed by atoms with Crippen molar-refractivity contribution in [3.05, 3.63) is 28.7 Å². The Labute approximate surface area is 133 Å². The molecule has 21 heavy (non-hydrogen) atoms. The normalized spacial score (nSPS) is 12.6. The number of benzene rings is 1. The molecular formula is C15H22BrNO4. The number of aliphatic hydroxyl groups excluding tert-OH is 1. The molecule has 0 aromatic heterocycles. The molecule has 1 aromatic carbocycles. The van der Waals surface area contributed by atoms with Gasteiger partial charge in [0.05, 0.1) is 12.7 Å². The van der Waals surface area contributed by atoms with Gasteiger partial charge >= 0.3 is 6.09 Å². The lowest BCUT2D eigenvalue weighted by Crippen LogP contribution is -2.41. The predicted molar refractivity (Wildman–Crippen MR) is 84.5 cm³/mol. The van der Waals surface area contributed by atoms with Crippen molar-refractivity contribution < 1.29 is 19.4 Å². The van der Waals surface area contributed by atoms with Crippen molar-refractivity contribution in [2.75, 3.05) is 13.2 Å². The van der Waals surface area contributed by atoms with Crippen LogP contribution in [0, 0.1) is 0 Å². The van der Waals surface area contributed by atoms with Gasteiger partial charge in [0.25, 0.3) is 0 Å². The summed E-state index contributed by atoms with van der Waals surface area (Å²) in [6.45, 7) is 5.91. The zero-order valence-electron chi connectivity index (χ0n) is 12.6. The quantitative estimate of drug-likeness (QED) is 0.818. The number of halogens is 1. The molecule has 0 saturated heterocycles. The van der Waals surface area contributed by atoms with E-state index >= 15 is 0 Å². The molecule has 0 aliphatic rings. The van der Waals surface area contributed by atoms with Gasteiger partial charge in [-0.05, 0) is 39.0 Å². The minimum atomic E-state index is -0.689. The van der Waals surface area contributed by atoms with Crippen molar-refractivity contribution in [2.24, 2.45) is 0 Å². The third-order valence-corrected chi connectivity index (χ3v) is 2.89. The van der Waals surface area contributed by atoms with E-state index in [0.717, 1.165) is 4.47 Å². The maximum Gasteiger partial charge on any atom is 0.407 e. The molecule has 0 aliphatic heterocycles. The molecule has 1 rings (SSSR count). The third-order valence-electron chi connectivity index (χ3n) is 2.40. The Morgan fingerprint density at radius 2 is 2.14 bits per heavy atom. The summed E-state index contributed by atoms with van der Waals surface area (Å²) >= 11 is 3.34. The molecule has 0 bridgehead atoms. The minimum absolute atomic E-state index is 0.144. The molecule has 0 radical (unpaired) electrons. The lowest BCUT2D eigenvalue weighted by atomic mass is 10.1. The van der Waals surface area contributed by atoms with Crippen LogP contribution in [0.4, 0.5) is 4.79 Å². The first-order chi connectivity index (χ1) is 9.76. The first-order valence-electron chi connectivity index (χ1n) is 6.77. The van der Waals surface area contributed by atoms with Crippen LogP contribution in [0.15, 0.2) is 28.7 Å². The van der Waals surface area contributed by atoms with Gasteiger partial charge in [0.15, 0.2) is 0 Å². The van der Waals surface area contributed by atoms with Crippen molar-refractivity contribution >= 4 is 22.0 Å².